The van der Waals surface area contributed by atoms with Crippen molar-refractivity contribution < 1.29 is 19.0 Å². The molecule has 196 valence electrons. The van der Waals surface area contributed by atoms with E-state index >= 15 is 0 Å². The molecule has 2 N–H and O–H groups in total. The fourth-order valence-corrected chi connectivity index (χ4v) is 4.83. The van der Waals surface area contributed by atoms with Crippen molar-refractivity contribution >= 4 is 28.1 Å². The first-order chi connectivity index (χ1) is 18.6. The molecule has 9 nitrogen and oxygen atoms in total. The maximum absolute atomic E-state index is 10.7. The zero-order valence-electron chi connectivity index (χ0n) is 21.4. The van der Waals surface area contributed by atoms with Crippen molar-refractivity contribution in [3.8, 4) is 6.01 Å². The molecule has 1 saturated heterocycles. The lowest BCUT2D eigenvalue weighted by molar-refractivity contribution is -0.0366. The third-order valence-electron chi connectivity index (χ3n) is 6.57. The molecular weight excluding hydrogens is 482 g/mol. The summed E-state index contributed by atoms with van der Waals surface area (Å²) < 4.78 is 18.2. The van der Waals surface area contributed by atoms with Crippen LogP contribution in [0.5, 0.6) is 6.01 Å². The van der Waals surface area contributed by atoms with Gasteiger partial charge in [-0.15, -0.1) is 0 Å². The van der Waals surface area contributed by atoms with E-state index in [4.69, 9.17) is 19.9 Å². The van der Waals surface area contributed by atoms with E-state index < -0.39 is 6.09 Å². The van der Waals surface area contributed by atoms with E-state index in [0.717, 1.165) is 65.5 Å². The van der Waals surface area contributed by atoms with E-state index in [1.807, 2.05) is 29.1 Å². The number of carbonyl (C=O) groups is 1. The number of nitrogens with two attached hydrogens (primary N) is 1. The van der Waals surface area contributed by atoms with Crippen molar-refractivity contribution in [1.29, 1.82) is 0 Å². The van der Waals surface area contributed by atoms with Crippen LogP contribution in [0.25, 0.3) is 22.0 Å². The largest absolute Gasteiger partial charge is 0.460 e. The second-order valence-electron chi connectivity index (χ2n) is 9.03. The van der Waals surface area contributed by atoms with Crippen LogP contribution in [-0.2, 0) is 9.47 Å². The summed E-state index contributed by atoms with van der Waals surface area (Å²) in [6.07, 6.45) is 8.58. The zero-order chi connectivity index (χ0) is 26.3. The highest BCUT2D eigenvalue weighted by Crippen LogP contribution is 2.36. The van der Waals surface area contributed by atoms with Crippen molar-refractivity contribution in [3.05, 3.63) is 83.8 Å². The molecule has 1 aliphatic heterocycles. The first-order valence-electron chi connectivity index (χ1n) is 12.9. The summed E-state index contributed by atoms with van der Waals surface area (Å²) in [4.78, 5) is 19.5. The maximum Gasteiger partial charge on any atom is 0.404 e. The monoisotopic (exact) mass is 513 g/mol. The van der Waals surface area contributed by atoms with Crippen LogP contribution in [0.2, 0.25) is 0 Å². The highest BCUT2D eigenvalue weighted by atomic mass is 16.6. The van der Waals surface area contributed by atoms with Gasteiger partial charge in [-0.1, -0.05) is 43.3 Å². The Balaban J connectivity index is 1.52. The minimum Gasteiger partial charge on any atom is -0.460 e. The van der Waals surface area contributed by atoms with Crippen LogP contribution in [0.3, 0.4) is 0 Å². The van der Waals surface area contributed by atoms with E-state index in [1.54, 1.807) is 12.4 Å². The molecular formula is C29H31N5O4. The molecule has 1 amide bonds. The number of allylic oxidation sites excluding steroid dienone is 1. The third-order valence-corrected chi connectivity index (χ3v) is 6.57. The molecule has 2 aromatic carbocycles. The number of nitrogens with zero attached hydrogens (tertiary/aromatic N) is 4. The zero-order valence-corrected chi connectivity index (χ0v) is 21.4. The summed E-state index contributed by atoms with van der Waals surface area (Å²) in [5.41, 5.74) is 11.3. The minimum absolute atomic E-state index is 0.0213. The Bertz CT molecular complexity index is 1410. The van der Waals surface area contributed by atoms with Gasteiger partial charge in [-0.05, 0) is 60.1 Å². The van der Waals surface area contributed by atoms with Crippen LogP contribution < -0.4 is 10.5 Å². The molecule has 0 radical (unpaired) electrons. The normalized spacial score (nSPS) is 16.2. The van der Waals surface area contributed by atoms with Gasteiger partial charge in [0.05, 0.1) is 11.7 Å². The van der Waals surface area contributed by atoms with Gasteiger partial charge < -0.3 is 19.9 Å². The van der Waals surface area contributed by atoms with Crippen LogP contribution >= 0.6 is 0 Å². The Labute approximate surface area is 221 Å². The van der Waals surface area contributed by atoms with Crippen LogP contribution in [0.15, 0.2) is 67.1 Å². The standard InChI is InChI=1S/C29H31N5O4/c1-2-24(20-8-4-3-5-9-20)27(23-17-31-29(32-18-23)38-15-14-37-28(30)35)21-11-12-25-22(16-21)19-33-34(25)26-10-6-7-13-36-26/h3-5,8-9,11-12,16-19,26H,2,6-7,10,13-15H2,1H3,(H2,30,35). The molecule has 0 spiro atoms. The fourth-order valence-electron chi connectivity index (χ4n) is 4.83. The number of primary amides is 1. The Hall–Kier alpha value is -4.24. The molecule has 1 atom stereocenters. The predicted octanol–water partition coefficient (Wildman–Crippen LogP) is 5.37. The second-order valence-corrected chi connectivity index (χ2v) is 9.03. The topological polar surface area (TPSA) is 114 Å². The molecule has 2 aromatic heterocycles. The Morgan fingerprint density at radius 1 is 1.03 bits per heavy atom. The molecule has 0 bridgehead atoms. The summed E-state index contributed by atoms with van der Waals surface area (Å²) >= 11 is 0. The van der Waals surface area contributed by atoms with Crippen molar-refractivity contribution in [2.75, 3.05) is 19.8 Å². The van der Waals surface area contributed by atoms with Crippen molar-refractivity contribution in [1.82, 2.24) is 19.7 Å². The molecule has 1 unspecified atom stereocenters. The predicted molar refractivity (Wildman–Crippen MR) is 144 cm³/mol. The van der Waals surface area contributed by atoms with Crippen molar-refractivity contribution in [2.45, 2.75) is 38.8 Å². The van der Waals surface area contributed by atoms with Crippen LogP contribution in [0, 0.1) is 0 Å². The lowest BCUT2D eigenvalue weighted by Crippen LogP contribution is -2.18. The van der Waals surface area contributed by atoms with Gasteiger partial charge in [-0.25, -0.2) is 19.4 Å². The van der Waals surface area contributed by atoms with Gasteiger partial charge in [0, 0.05) is 30.0 Å². The molecule has 0 saturated carbocycles. The van der Waals surface area contributed by atoms with Crippen molar-refractivity contribution in [2.24, 2.45) is 5.73 Å². The van der Waals surface area contributed by atoms with Gasteiger partial charge >= 0.3 is 12.1 Å². The SMILES string of the molecule is CCC(=C(c1cnc(OCCOC(N)=O)nc1)c1ccc2c(cnn2C2CCCCO2)c1)c1ccccc1. The van der Waals surface area contributed by atoms with Gasteiger partial charge in [0.15, 0.2) is 6.23 Å². The number of benzene rings is 2. The van der Waals surface area contributed by atoms with Gasteiger partial charge in [0.1, 0.15) is 13.2 Å². The number of hydrogen-bond donors (Lipinski definition) is 1. The van der Waals surface area contributed by atoms with Gasteiger partial charge in [0.25, 0.3) is 0 Å². The summed E-state index contributed by atoms with van der Waals surface area (Å²) in [6, 6.07) is 16.9. The highest BCUT2D eigenvalue weighted by Gasteiger charge is 2.20. The quantitative estimate of drug-likeness (QED) is 0.236. The minimum atomic E-state index is -0.846. The molecule has 1 fully saturated rings. The molecule has 38 heavy (non-hydrogen) atoms. The molecule has 1 aliphatic rings. The van der Waals surface area contributed by atoms with E-state index in [1.165, 1.54) is 5.57 Å². The van der Waals surface area contributed by atoms with Crippen LogP contribution in [-0.4, -0.2) is 45.7 Å². The summed E-state index contributed by atoms with van der Waals surface area (Å²) in [5.74, 6) is 0. The molecule has 4 aromatic rings. The van der Waals surface area contributed by atoms with E-state index in [2.05, 4.69) is 52.3 Å². The second kappa shape index (κ2) is 11.9. The van der Waals surface area contributed by atoms with E-state index in [0.29, 0.717) is 0 Å². The summed E-state index contributed by atoms with van der Waals surface area (Å²) in [6.45, 7) is 3.06. The number of carbonyl (C=O) groups excluding carboxylic acids is 1. The van der Waals surface area contributed by atoms with Gasteiger partial charge in [-0.2, -0.15) is 5.10 Å². The molecule has 0 aliphatic carbocycles. The third kappa shape index (κ3) is 5.68. The average molecular weight is 514 g/mol. The highest BCUT2D eigenvalue weighted by molar-refractivity contribution is 6.00. The van der Waals surface area contributed by atoms with E-state index in [-0.39, 0.29) is 25.5 Å². The first kappa shape index (κ1) is 25.4. The van der Waals surface area contributed by atoms with Crippen LogP contribution in [0.4, 0.5) is 4.79 Å². The van der Waals surface area contributed by atoms with Crippen LogP contribution in [0.1, 0.15) is 55.5 Å². The Morgan fingerprint density at radius 3 is 2.55 bits per heavy atom. The summed E-state index contributed by atoms with van der Waals surface area (Å²) in [7, 11) is 0. The number of aromatic nitrogens is 4. The maximum atomic E-state index is 10.7. The molecule has 9 heteroatoms. The average Bonchev–Trinajstić information content (AvgIpc) is 3.39. The number of rotatable bonds is 9. The van der Waals surface area contributed by atoms with Crippen molar-refractivity contribution in [3.63, 3.8) is 0 Å². The summed E-state index contributed by atoms with van der Waals surface area (Å²) in [5, 5.41) is 5.72. The number of hydrogen-bond acceptors (Lipinski definition) is 7. The van der Waals surface area contributed by atoms with E-state index in [9.17, 15) is 4.79 Å². The lowest BCUT2D eigenvalue weighted by atomic mass is 9.89. The number of amides is 1. The lowest BCUT2D eigenvalue weighted by Gasteiger charge is -2.23. The molecule has 5 rings (SSSR count). The number of ether oxygens (including phenoxy) is 3. The Kier molecular flexibility index (Phi) is 7.94. The Morgan fingerprint density at radius 2 is 1.84 bits per heavy atom. The fraction of sp³-hybridized carbons (Fsp3) is 0.310. The first-order valence-corrected chi connectivity index (χ1v) is 12.9. The number of fused-ring (bicyclic) bond motifs is 1. The smallest absolute Gasteiger partial charge is 0.404 e. The molecule has 3 heterocycles. The van der Waals surface area contributed by atoms with Gasteiger partial charge in [0.2, 0.25) is 0 Å². The van der Waals surface area contributed by atoms with Gasteiger partial charge in [-0.3, -0.25) is 0 Å².